The maximum atomic E-state index is 12.5. The van der Waals surface area contributed by atoms with Crippen molar-refractivity contribution in [2.75, 3.05) is 5.73 Å². The van der Waals surface area contributed by atoms with Gasteiger partial charge in [-0.3, -0.25) is 4.79 Å². The van der Waals surface area contributed by atoms with Crippen LogP contribution in [0.1, 0.15) is 42.2 Å². The lowest BCUT2D eigenvalue weighted by atomic mass is 9.98. The quantitative estimate of drug-likeness (QED) is 0.904. The van der Waals surface area contributed by atoms with Gasteiger partial charge in [-0.25, -0.2) is 9.97 Å². The Kier molecular flexibility index (Phi) is 3.32. The summed E-state index contributed by atoms with van der Waals surface area (Å²) in [5, 5.41) is 3.17. The minimum atomic E-state index is 0.0429. The molecule has 1 amide bonds. The first-order chi connectivity index (χ1) is 11.2. The Labute approximate surface area is 135 Å². The van der Waals surface area contributed by atoms with Gasteiger partial charge in [-0.05, 0) is 37.3 Å². The summed E-state index contributed by atoms with van der Waals surface area (Å²) in [6.45, 7) is 3.02. The number of amides is 1. The predicted molar refractivity (Wildman–Crippen MR) is 87.8 cm³/mol. The SMILES string of the molecule is CCCn1c(-c2ccnc(N)n2)cc2c1CC(C1CC1)NC2=O. The lowest BCUT2D eigenvalue weighted by Gasteiger charge is -2.25. The Morgan fingerprint density at radius 1 is 1.43 bits per heavy atom. The summed E-state index contributed by atoms with van der Waals surface area (Å²) in [4.78, 5) is 20.8. The van der Waals surface area contributed by atoms with Crippen molar-refractivity contribution < 1.29 is 4.79 Å². The molecule has 6 nitrogen and oxygen atoms in total. The summed E-state index contributed by atoms with van der Waals surface area (Å²) < 4.78 is 2.24. The molecular weight excluding hydrogens is 290 g/mol. The Morgan fingerprint density at radius 2 is 2.26 bits per heavy atom. The van der Waals surface area contributed by atoms with Crippen molar-refractivity contribution in [3.05, 3.63) is 29.6 Å². The van der Waals surface area contributed by atoms with E-state index in [-0.39, 0.29) is 17.9 Å². The molecule has 1 aliphatic heterocycles. The Bertz CT molecular complexity index is 762. The molecule has 2 aromatic heterocycles. The van der Waals surface area contributed by atoms with Gasteiger partial charge in [0, 0.05) is 30.9 Å². The van der Waals surface area contributed by atoms with Crippen molar-refractivity contribution in [2.45, 2.75) is 45.2 Å². The van der Waals surface area contributed by atoms with Crippen LogP contribution in [-0.2, 0) is 13.0 Å². The van der Waals surface area contributed by atoms with E-state index in [4.69, 9.17) is 5.73 Å². The zero-order valence-corrected chi connectivity index (χ0v) is 13.2. The van der Waals surface area contributed by atoms with Gasteiger partial charge < -0.3 is 15.6 Å². The van der Waals surface area contributed by atoms with Gasteiger partial charge in [-0.1, -0.05) is 6.92 Å². The van der Waals surface area contributed by atoms with Crippen LogP contribution in [0, 0.1) is 5.92 Å². The minimum Gasteiger partial charge on any atom is -0.368 e. The molecule has 1 fully saturated rings. The Morgan fingerprint density at radius 3 is 2.96 bits per heavy atom. The molecule has 1 unspecified atom stereocenters. The fraction of sp³-hybridized carbons (Fsp3) is 0.471. The van der Waals surface area contributed by atoms with Crippen LogP contribution < -0.4 is 11.1 Å². The summed E-state index contributed by atoms with van der Waals surface area (Å²) in [7, 11) is 0. The molecule has 1 aliphatic carbocycles. The summed E-state index contributed by atoms with van der Waals surface area (Å²) in [6, 6.07) is 4.08. The molecule has 120 valence electrons. The number of fused-ring (bicyclic) bond motifs is 1. The molecule has 0 saturated heterocycles. The molecule has 0 radical (unpaired) electrons. The van der Waals surface area contributed by atoms with E-state index < -0.39 is 0 Å². The number of anilines is 1. The molecule has 3 heterocycles. The molecule has 23 heavy (non-hydrogen) atoms. The zero-order chi connectivity index (χ0) is 16.0. The number of nitrogens with two attached hydrogens (primary N) is 1. The van der Waals surface area contributed by atoms with Gasteiger partial charge >= 0.3 is 0 Å². The maximum Gasteiger partial charge on any atom is 0.253 e. The van der Waals surface area contributed by atoms with Gasteiger partial charge in [0.15, 0.2) is 0 Å². The molecular formula is C17H21N5O. The summed E-state index contributed by atoms with van der Waals surface area (Å²) in [5.74, 6) is 0.946. The molecule has 2 aliphatic rings. The van der Waals surface area contributed by atoms with E-state index in [0.29, 0.717) is 5.92 Å². The first kappa shape index (κ1) is 14.2. The standard InChI is InChI=1S/C17H21N5O/c1-2-7-22-14-9-13(10-3-4-10)20-16(23)11(14)8-15(22)12-5-6-19-17(18)21-12/h5-6,8,10,13H,2-4,7,9H2,1H3,(H,20,23)(H2,18,19,21). The smallest absolute Gasteiger partial charge is 0.253 e. The molecule has 6 heteroatoms. The van der Waals surface area contributed by atoms with E-state index >= 15 is 0 Å². The van der Waals surface area contributed by atoms with Gasteiger partial charge in [0.25, 0.3) is 5.91 Å². The number of nitrogens with one attached hydrogen (secondary N) is 1. The van der Waals surface area contributed by atoms with E-state index in [0.717, 1.165) is 42.0 Å². The van der Waals surface area contributed by atoms with Gasteiger partial charge in [0.1, 0.15) is 0 Å². The number of hydrogen-bond donors (Lipinski definition) is 2. The predicted octanol–water partition coefficient (Wildman–Crippen LogP) is 2.00. The number of nitrogen functional groups attached to an aromatic ring is 1. The van der Waals surface area contributed by atoms with Crippen molar-refractivity contribution in [2.24, 2.45) is 5.92 Å². The average Bonchev–Trinajstić information content (AvgIpc) is 3.31. The van der Waals surface area contributed by atoms with Crippen molar-refractivity contribution in [1.82, 2.24) is 19.9 Å². The van der Waals surface area contributed by atoms with Crippen LogP contribution >= 0.6 is 0 Å². The van der Waals surface area contributed by atoms with E-state index in [1.165, 1.54) is 12.8 Å². The van der Waals surface area contributed by atoms with Crippen LogP contribution in [0.25, 0.3) is 11.4 Å². The second-order valence-electron chi connectivity index (χ2n) is 6.46. The highest BCUT2D eigenvalue weighted by Gasteiger charge is 2.38. The van der Waals surface area contributed by atoms with E-state index in [1.807, 2.05) is 12.1 Å². The van der Waals surface area contributed by atoms with Crippen LogP contribution in [0.2, 0.25) is 0 Å². The third-order valence-electron chi connectivity index (χ3n) is 4.76. The molecule has 1 atom stereocenters. The molecule has 4 rings (SSSR count). The van der Waals surface area contributed by atoms with E-state index in [2.05, 4.69) is 26.8 Å². The molecule has 0 aromatic carbocycles. The van der Waals surface area contributed by atoms with Gasteiger partial charge in [-0.15, -0.1) is 0 Å². The van der Waals surface area contributed by atoms with E-state index in [1.54, 1.807) is 6.20 Å². The molecule has 3 N–H and O–H groups in total. The summed E-state index contributed by atoms with van der Waals surface area (Å²) in [6.07, 6.45) is 6.03. The third kappa shape index (κ3) is 2.48. The maximum absolute atomic E-state index is 12.5. The van der Waals surface area contributed by atoms with Crippen LogP contribution in [0.4, 0.5) is 5.95 Å². The zero-order valence-electron chi connectivity index (χ0n) is 13.2. The Hall–Kier alpha value is -2.37. The summed E-state index contributed by atoms with van der Waals surface area (Å²) in [5.41, 5.74) is 9.38. The van der Waals surface area contributed by atoms with Crippen LogP contribution in [0.15, 0.2) is 18.3 Å². The minimum absolute atomic E-state index is 0.0429. The number of hydrogen-bond acceptors (Lipinski definition) is 4. The molecule has 0 spiro atoms. The first-order valence-electron chi connectivity index (χ1n) is 8.29. The lowest BCUT2D eigenvalue weighted by molar-refractivity contribution is 0.0918. The third-order valence-corrected chi connectivity index (χ3v) is 4.76. The number of aromatic nitrogens is 3. The largest absolute Gasteiger partial charge is 0.368 e. The van der Waals surface area contributed by atoms with Crippen LogP contribution in [-0.4, -0.2) is 26.5 Å². The Balaban J connectivity index is 1.81. The first-order valence-corrected chi connectivity index (χ1v) is 8.29. The molecule has 0 bridgehead atoms. The van der Waals surface area contributed by atoms with Crippen molar-refractivity contribution in [3.8, 4) is 11.4 Å². The van der Waals surface area contributed by atoms with Crippen LogP contribution in [0.5, 0.6) is 0 Å². The second kappa shape index (κ2) is 5.37. The highest BCUT2D eigenvalue weighted by molar-refractivity contribution is 5.98. The van der Waals surface area contributed by atoms with Crippen molar-refractivity contribution in [1.29, 1.82) is 0 Å². The van der Waals surface area contributed by atoms with Gasteiger partial charge in [0.2, 0.25) is 5.95 Å². The molecule has 1 saturated carbocycles. The normalized spacial score (nSPS) is 20.2. The lowest BCUT2D eigenvalue weighted by Crippen LogP contribution is -2.43. The van der Waals surface area contributed by atoms with Crippen LogP contribution in [0.3, 0.4) is 0 Å². The van der Waals surface area contributed by atoms with Gasteiger partial charge in [-0.2, -0.15) is 0 Å². The monoisotopic (exact) mass is 311 g/mol. The molecule has 2 aromatic rings. The number of nitrogens with zero attached hydrogens (tertiary/aromatic N) is 3. The van der Waals surface area contributed by atoms with Gasteiger partial charge in [0.05, 0.1) is 17.0 Å². The van der Waals surface area contributed by atoms with Crippen molar-refractivity contribution in [3.63, 3.8) is 0 Å². The summed E-state index contributed by atoms with van der Waals surface area (Å²) >= 11 is 0. The topological polar surface area (TPSA) is 85.8 Å². The average molecular weight is 311 g/mol. The highest BCUT2D eigenvalue weighted by atomic mass is 16.1. The number of carbonyl (C=O) groups excluding carboxylic acids is 1. The second-order valence-corrected chi connectivity index (χ2v) is 6.46. The van der Waals surface area contributed by atoms with Crippen molar-refractivity contribution >= 4 is 11.9 Å². The number of carbonyl (C=O) groups is 1. The van der Waals surface area contributed by atoms with E-state index in [9.17, 15) is 4.79 Å². The number of rotatable bonds is 4. The highest BCUT2D eigenvalue weighted by Crippen LogP contribution is 2.37. The fourth-order valence-electron chi connectivity index (χ4n) is 3.50. The fourth-order valence-corrected chi connectivity index (χ4v) is 3.50.